The van der Waals surface area contributed by atoms with Crippen LogP contribution >= 0.6 is 11.6 Å². The maximum Gasteiger partial charge on any atom is 0.165 e. The summed E-state index contributed by atoms with van der Waals surface area (Å²) in [5.41, 5.74) is 5.17. The molecule has 4 nitrogen and oxygen atoms in total. The van der Waals surface area contributed by atoms with Gasteiger partial charge in [0.25, 0.3) is 0 Å². The molecule has 0 aliphatic carbocycles. The molecule has 5 heteroatoms. The highest BCUT2D eigenvalue weighted by Crippen LogP contribution is 2.35. The Morgan fingerprint density at radius 2 is 1.66 bits per heavy atom. The Labute approximate surface area is 178 Å². The molecule has 154 valence electrons. The molecule has 0 bridgehead atoms. The van der Waals surface area contributed by atoms with E-state index in [2.05, 4.69) is 69.2 Å². The molecular weight excluding hydrogens is 380 g/mol. The molecule has 1 aliphatic rings. The van der Waals surface area contributed by atoms with Crippen LogP contribution in [-0.2, 0) is 5.41 Å². The number of fused-ring (bicyclic) bond motifs is 1. The lowest BCUT2D eigenvalue weighted by atomic mass is 9.90. The van der Waals surface area contributed by atoms with Gasteiger partial charge in [-0.2, -0.15) is 9.61 Å². The lowest BCUT2D eigenvalue weighted by Gasteiger charge is -2.37. The predicted octanol–water partition coefficient (Wildman–Crippen LogP) is 6.14. The lowest BCUT2D eigenvalue weighted by molar-refractivity contribution is 0.354. The fourth-order valence-electron chi connectivity index (χ4n) is 4.52. The number of benzene rings is 1. The third kappa shape index (κ3) is 3.87. The van der Waals surface area contributed by atoms with Crippen LogP contribution in [0.4, 0.5) is 5.82 Å². The highest BCUT2D eigenvalue weighted by molar-refractivity contribution is 6.30. The second kappa shape index (κ2) is 7.32. The van der Waals surface area contributed by atoms with Crippen molar-refractivity contribution in [1.29, 1.82) is 0 Å². The molecule has 2 atom stereocenters. The van der Waals surface area contributed by atoms with Crippen molar-refractivity contribution >= 4 is 23.1 Å². The summed E-state index contributed by atoms with van der Waals surface area (Å²) in [4.78, 5) is 7.60. The summed E-state index contributed by atoms with van der Waals surface area (Å²) in [7, 11) is 0. The van der Waals surface area contributed by atoms with Gasteiger partial charge in [0.15, 0.2) is 5.65 Å². The smallest absolute Gasteiger partial charge is 0.165 e. The highest BCUT2D eigenvalue weighted by atomic mass is 35.5. The normalized spacial score (nSPS) is 20.4. The third-order valence-electron chi connectivity index (χ3n) is 5.84. The van der Waals surface area contributed by atoms with Crippen molar-refractivity contribution in [1.82, 2.24) is 14.6 Å². The van der Waals surface area contributed by atoms with Crippen LogP contribution in [0.1, 0.15) is 52.4 Å². The number of rotatable bonds is 2. The van der Waals surface area contributed by atoms with Crippen molar-refractivity contribution in [2.45, 2.75) is 53.4 Å². The summed E-state index contributed by atoms with van der Waals surface area (Å²) in [6, 6.07) is 10.2. The first-order chi connectivity index (χ1) is 13.6. The minimum atomic E-state index is -0.0427. The maximum absolute atomic E-state index is 6.13. The van der Waals surface area contributed by atoms with Gasteiger partial charge in [-0.1, -0.05) is 58.4 Å². The summed E-state index contributed by atoms with van der Waals surface area (Å²) < 4.78 is 2.05. The highest BCUT2D eigenvalue weighted by Gasteiger charge is 2.28. The first-order valence-electron chi connectivity index (χ1n) is 10.5. The van der Waals surface area contributed by atoms with Crippen LogP contribution in [0.25, 0.3) is 16.8 Å². The minimum absolute atomic E-state index is 0.0427. The van der Waals surface area contributed by atoms with Crippen molar-refractivity contribution in [3.8, 4) is 11.1 Å². The Kier molecular flexibility index (Phi) is 5.10. The molecule has 3 heterocycles. The fraction of sp³-hybridized carbons (Fsp3) is 0.500. The van der Waals surface area contributed by atoms with E-state index in [4.69, 9.17) is 21.7 Å². The summed E-state index contributed by atoms with van der Waals surface area (Å²) in [6.45, 7) is 15.6. The lowest BCUT2D eigenvalue weighted by Crippen LogP contribution is -2.40. The number of aryl methyl sites for hydroxylation is 1. The Balaban J connectivity index is 1.96. The standard InChI is InChI=1S/C24H31ClN4/c1-15-11-16(2)14-28(13-15)21-12-20(24(4,5)6)26-23-22(17(3)27-29(21)23)18-7-9-19(25)10-8-18/h7-10,12,15-16H,11,13-14H2,1-6H3/t15-,16-/m1/s1. The average Bonchev–Trinajstić information content (AvgIpc) is 2.96. The number of anilines is 1. The largest absolute Gasteiger partial charge is 0.356 e. The van der Waals surface area contributed by atoms with E-state index in [1.165, 1.54) is 6.42 Å². The van der Waals surface area contributed by atoms with Crippen molar-refractivity contribution in [2.24, 2.45) is 11.8 Å². The van der Waals surface area contributed by atoms with Crippen LogP contribution in [0.15, 0.2) is 30.3 Å². The summed E-state index contributed by atoms with van der Waals surface area (Å²) in [5.74, 6) is 2.50. The van der Waals surface area contributed by atoms with E-state index in [1.807, 2.05) is 12.1 Å². The van der Waals surface area contributed by atoms with Crippen molar-refractivity contribution in [3.63, 3.8) is 0 Å². The quantitative estimate of drug-likeness (QED) is 0.508. The van der Waals surface area contributed by atoms with Gasteiger partial charge in [0.05, 0.1) is 11.4 Å². The van der Waals surface area contributed by atoms with Crippen molar-refractivity contribution in [3.05, 3.63) is 46.7 Å². The Bertz CT molecular complexity index is 1020. The predicted molar refractivity (Wildman–Crippen MR) is 122 cm³/mol. The number of hydrogen-bond acceptors (Lipinski definition) is 3. The van der Waals surface area contributed by atoms with E-state index < -0.39 is 0 Å². The number of piperidine rings is 1. The number of aromatic nitrogens is 3. The van der Waals surface area contributed by atoms with Gasteiger partial charge in [0, 0.05) is 35.2 Å². The summed E-state index contributed by atoms with van der Waals surface area (Å²) >= 11 is 6.13. The van der Waals surface area contributed by atoms with E-state index in [0.717, 1.165) is 52.1 Å². The fourth-order valence-corrected chi connectivity index (χ4v) is 4.65. The number of hydrogen-bond donors (Lipinski definition) is 0. The molecule has 0 unspecified atom stereocenters. The van der Waals surface area contributed by atoms with E-state index in [1.54, 1.807) is 0 Å². The van der Waals surface area contributed by atoms with Gasteiger partial charge in [-0.05, 0) is 42.9 Å². The molecule has 2 aromatic heterocycles. The van der Waals surface area contributed by atoms with Gasteiger partial charge in [-0.15, -0.1) is 0 Å². The van der Waals surface area contributed by atoms with Gasteiger partial charge < -0.3 is 4.90 Å². The first kappa shape index (κ1) is 20.2. The molecule has 1 saturated heterocycles. The van der Waals surface area contributed by atoms with E-state index in [-0.39, 0.29) is 5.41 Å². The van der Waals surface area contributed by atoms with Gasteiger partial charge in [-0.3, -0.25) is 0 Å². The molecule has 0 amide bonds. The summed E-state index contributed by atoms with van der Waals surface area (Å²) in [6.07, 6.45) is 1.28. The monoisotopic (exact) mass is 410 g/mol. The molecule has 0 spiro atoms. The molecule has 1 aromatic carbocycles. The first-order valence-corrected chi connectivity index (χ1v) is 10.9. The molecule has 3 aromatic rings. The molecule has 1 fully saturated rings. The molecule has 1 aliphatic heterocycles. The van der Waals surface area contributed by atoms with Crippen LogP contribution in [0.3, 0.4) is 0 Å². The van der Waals surface area contributed by atoms with E-state index in [0.29, 0.717) is 11.8 Å². The molecule has 29 heavy (non-hydrogen) atoms. The van der Waals surface area contributed by atoms with Crippen LogP contribution in [0.5, 0.6) is 0 Å². The van der Waals surface area contributed by atoms with Crippen LogP contribution in [-0.4, -0.2) is 27.7 Å². The average molecular weight is 411 g/mol. The van der Waals surface area contributed by atoms with Crippen LogP contribution in [0.2, 0.25) is 5.02 Å². The van der Waals surface area contributed by atoms with Gasteiger partial charge in [-0.25, -0.2) is 4.98 Å². The van der Waals surface area contributed by atoms with Crippen LogP contribution < -0.4 is 4.90 Å². The summed E-state index contributed by atoms with van der Waals surface area (Å²) in [5, 5.41) is 5.68. The Hall–Kier alpha value is -2.07. The Morgan fingerprint density at radius 3 is 2.24 bits per heavy atom. The van der Waals surface area contributed by atoms with E-state index >= 15 is 0 Å². The molecule has 0 N–H and O–H groups in total. The second-order valence-corrected chi connectivity index (χ2v) is 10.2. The van der Waals surface area contributed by atoms with Crippen molar-refractivity contribution in [2.75, 3.05) is 18.0 Å². The van der Waals surface area contributed by atoms with Gasteiger partial charge in [0.2, 0.25) is 0 Å². The topological polar surface area (TPSA) is 33.4 Å². The zero-order chi connectivity index (χ0) is 20.9. The second-order valence-electron chi connectivity index (χ2n) is 9.80. The third-order valence-corrected chi connectivity index (χ3v) is 6.09. The zero-order valence-electron chi connectivity index (χ0n) is 18.3. The van der Waals surface area contributed by atoms with Gasteiger partial charge in [0.1, 0.15) is 5.82 Å². The molecule has 0 radical (unpaired) electrons. The van der Waals surface area contributed by atoms with Crippen molar-refractivity contribution < 1.29 is 0 Å². The maximum atomic E-state index is 6.13. The molecule has 4 rings (SSSR count). The van der Waals surface area contributed by atoms with E-state index in [9.17, 15) is 0 Å². The minimum Gasteiger partial charge on any atom is -0.356 e. The number of nitrogens with zero attached hydrogens (tertiary/aromatic N) is 4. The number of halogens is 1. The SMILES string of the molecule is Cc1nn2c(N3C[C@H](C)C[C@@H](C)C3)cc(C(C)(C)C)nc2c1-c1ccc(Cl)cc1. The molecular formula is C24H31ClN4. The van der Waals surface area contributed by atoms with Crippen LogP contribution in [0, 0.1) is 18.8 Å². The zero-order valence-corrected chi connectivity index (χ0v) is 19.1. The molecule has 0 saturated carbocycles. The van der Waals surface area contributed by atoms with Gasteiger partial charge >= 0.3 is 0 Å². The Morgan fingerprint density at radius 1 is 1.03 bits per heavy atom.